The largest absolute Gasteiger partial charge is 0.459 e. The van der Waals surface area contributed by atoms with Gasteiger partial charge in [-0.2, -0.15) is 5.10 Å². The lowest BCUT2D eigenvalue weighted by Gasteiger charge is -2.02. The van der Waals surface area contributed by atoms with Gasteiger partial charge in [-0.1, -0.05) is 6.07 Å². The third-order valence-electron chi connectivity index (χ3n) is 3.01. The third-order valence-corrected chi connectivity index (χ3v) is 3.01. The minimum absolute atomic E-state index is 0.210. The van der Waals surface area contributed by atoms with E-state index in [9.17, 15) is 4.79 Å². The highest BCUT2D eigenvalue weighted by molar-refractivity contribution is 5.92. The van der Waals surface area contributed by atoms with Crippen molar-refractivity contribution < 1.29 is 9.21 Å². The standard InChI is InChI=1S/C14H13N3O2/c1-10-5-7-19-13(10)14(18)15-8-11-9-16-17-6-3-2-4-12(11)17/h2-7,9H,8H2,1H3,(H,15,18). The highest BCUT2D eigenvalue weighted by atomic mass is 16.3. The zero-order chi connectivity index (χ0) is 13.2. The molecule has 0 bridgehead atoms. The molecular weight excluding hydrogens is 242 g/mol. The van der Waals surface area contributed by atoms with E-state index >= 15 is 0 Å². The van der Waals surface area contributed by atoms with Crippen LogP contribution in [0.1, 0.15) is 21.7 Å². The number of carbonyl (C=O) groups excluding carboxylic acids is 1. The number of aromatic nitrogens is 2. The number of amides is 1. The fourth-order valence-electron chi connectivity index (χ4n) is 1.98. The lowest BCUT2D eigenvalue weighted by Crippen LogP contribution is -2.22. The van der Waals surface area contributed by atoms with Crippen LogP contribution < -0.4 is 5.32 Å². The number of hydrogen-bond acceptors (Lipinski definition) is 3. The summed E-state index contributed by atoms with van der Waals surface area (Å²) in [5.74, 6) is 0.147. The topological polar surface area (TPSA) is 59.5 Å². The van der Waals surface area contributed by atoms with Gasteiger partial charge in [0.2, 0.25) is 0 Å². The first-order valence-corrected chi connectivity index (χ1v) is 5.99. The first kappa shape index (κ1) is 11.5. The van der Waals surface area contributed by atoms with E-state index in [1.54, 1.807) is 16.8 Å². The molecule has 3 rings (SSSR count). The Bertz CT molecular complexity index is 727. The molecule has 96 valence electrons. The Hall–Kier alpha value is -2.56. The van der Waals surface area contributed by atoms with E-state index in [-0.39, 0.29) is 5.91 Å². The van der Waals surface area contributed by atoms with Crippen molar-refractivity contribution in [2.45, 2.75) is 13.5 Å². The molecule has 3 aromatic rings. The maximum Gasteiger partial charge on any atom is 0.287 e. The highest BCUT2D eigenvalue weighted by Crippen LogP contribution is 2.11. The minimum Gasteiger partial charge on any atom is -0.459 e. The first-order valence-electron chi connectivity index (χ1n) is 5.99. The fraction of sp³-hybridized carbons (Fsp3) is 0.143. The van der Waals surface area contributed by atoms with Crippen molar-refractivity contribution in [1.82, 2.24) is 14.9 Å². The number of fused-ring (bicyclic) bond motifs is 1. The van der Waals surface area contributed by atoms with Gasteiger partial charge in [0.05, 0.1) is 18.0 Å². The van der Waals surface area contributed by atoms with Crippen LogP contribution in [0.25, 0.3) is 5.52 Å². The molecule has 0 saturated carbocycles. The molecule has 0 unspecified atom stereocenters. The second-order valence-electron chi connectivity index (χ2n) is 4.32. The molecule has 0 saturated heterocycles. The average molecular weight is 255 g/mol. The van der Waals surface area contributed by atoms with Crippen molar-refractivity contribution in [3.05, 3.63) is 59.8 Å². The summed E-state index contributed by atoms with van der Waals surface area (Å²) in [6.07, 6.45) is 5.14. The Morgan fingerprint density at radius 1 is 1.42 bits per heavy atom. The molecule has 5 nitrogen and oxygen atoms in total. The third kappa shape index (κ3) is 2.10. The number of nitrogens with zero attached hydrogens (tertiary/aromatic N) is 2. The van der Waals surface area contributed by atoms with Crippen molar-refractivity contribution in [3.8, 4) is 0 Å². The fourth-order valence-corrected chi connectivity index (χ4v) is 1.98. The molecule has 1 N–H and O–H groups in total. The summed E-state index contributed by atoms with van der Waals surface area (Å²) in [5.41, 5.74) is 2.79. The Kier molecular flexibility index (Phi) is 2.79. The van der Waals surface area contributed by atoms with Crippen LogP contribution in [-0.4, -0.2) is 15.5 Å². The van der Waals surface area contributed by atoms with Crippen molar-refractivity contribution in [2.24, 2.45) is 0 Å². The average Bonchev–Trinajstić information content (AvgIpc) is 3.02. The molecule has 0 aliphatic carbocycles. The van der Waals surface area contributed by atoms with Gasteiger partial charge < -0.3 is 9.73 Å². The number of furan rings is 1. The molecule has 0 fully saturated rings. The maximum atomic E-state index is 11.9. The van der Waals surface area contributed by atoms with Gasteiger partial charge in [0.1, 0.15) is 0 Å². The molecule has 0 atom stereocenters. The van der Waals surface area contributed by atoms with Gasteiger partial charge in [0, 0.05) is 23.9 Å². The van der Waals surface area contributed by atoms with Crippen molar-refractivity contribution in [3.63, 3.8) is 0 Å². The van der Waals surface area contributed by atoms with Crippen LogP contribution in [0.5, 0.6) is 0 Å². The van der Waals surface area contributed by atoms with E-state index in [0.717, 1.165) is 16.6 Å². The molecule has 1 amide bonds. The minimum atomic E-state index is -0.210. The van der Waals surface area contributed by atoms with Crippen LogP contribution in [0, 0.1) is 6.92 Å². The van der Waals surface area contributed by atoms with E-state index in [1.807, 2.05) is 31.3 Å². The van der Waals surface area contributed by atoms with Gasteiger partial charge >= 0.3 is 0 Å². The predicted octanol–water partition coefficient (Wildman–Crippen LogP) is 2.17. The number of hydrogen-bond donors (Lipinski definition) is 1. The smallest absolute Gasteiger partial charge is 0.287 e. The van der Waals surface area contributed by atoms with E-state index in [0.29, 0.717) is 12.3 Å². The molecule has 0 radical (unpaired) electrons. The van der Waals surface area contributed by atoms with Crippen LogP contribution in [0.3, 0.4) is 0 Å². The van der Waals surface area contributed by atoms with Crippen LogP contribution in [0.15, 0.2) is 47.3 Å². The molecule has 0 aliphatic heterocycles. The van der Waals surface area contributed by atoms with Crippen LogP contribution in [-0.2, 0) is 6.54 Å². The lowest BCUT2D eigenvalue weighted by atomic mass is 10.2. The Labute approximate surface area is 109 Å². The van der Waals surface area contributed by atoms with Gasteiger partial charge in [-0.25, -0.2) is 4.52 Å². The van der Waals surface area contributed by atoms with Gasteiger partial charge in [-0.05, 0) is 25.1 Å². The quantitative estimate of drug-likeness (QED) is 0.780. The molecule has 0 spiro atoms. The summed E-state index contributed by atoms with van der Waals surface area (Å²) < 4.78 is 6.93. The normalized spacial score (nSPS) is 10.8. The molecule has 0 aliphatic rings. The number of aryl methyl sites for hydroxylation is 1. The van der Waals surface area contributed by atoms with Gasteiger partial charge in [-0.3, -0.25) is 4.79 Å². The van der Waals surface area contributed by atoms with Crippen LogP contribution >= 0.6 is 0 Å². The first-order chi connectivity index (χ1) is 9.25. The Morgan fingerprint density at radius 2 is 2.32 bits per heavy atom. The van der Waals surface area contributed by atoms with E-state index in [4.69, 9.17) is 4.42 Å². The Morgan fingerprint density at radius 3 is 3.11 bits per heavy atom. The van der Waals surface area contributed by atoms with E-state index < -0.39 is 0 Å². The zero-order valence-corrected chi connectivity index (χ0v) is 10.5. The summed E-state index contributed by atoms with van der Waals surface area (Å²) in [6, 6.07) is 7.59. The number of rotatable bonds is 3. The summed E-state index contributed by atoms with van der Waals surface area (Å²) in [4.78, 5) is 11.9. The lowest BCUT2D eigenvalue weighted by molar-refractivity contribution is 0.0922. The van der Waals surface area contributed by atoms with Crippen LogP contribution in [0.2, 0.25) is 0 Å². The molecule has 3 aromatic heterocycles. The maximum absolute atomic E-state index is 11.9. The van der Waals surface area contributed by atoms with Crippen molar-refractivity contribution in [1.29, 1.82) is 0 Å². The predicted molar refractivity (Wildman–Crippen MR) is 69.8 cm³/mol. The van der Waals surface area contributed by atoms with Crippen molar-refractivity contribution >= 4 is 11.4 Å². The second-order valence-corrected chi connectivity index (χ2v) is 4.32. The molecule has 19 heavy (non-hydrogen) atoms. The molecule has 0 aromatic carbocycles. The van der Waals surface area contributed by atoms with Gasteiger partial charge in [0.15, 0.2) is 5.76 Å². The van der Waals surface area contributed by atoms with E-state index in [1.165, 1.54) is 6.26 Å². The summed E-state index contributed by atoms with van der Waals surface area (Å²) in [7, 11) is 0. The van der Waals surface area contributed by atoms with E-state index in [2.05, 4.69) is 10.4 Å². The molecule has 3 heterocycles. The highest BCUT2D eigenvalue weighted by Gasteiger charge is 2.12. The zero-order valence-electron chi connectivity index (χ0n) is 10.5. The van der Waals surface area contributed by atoms with Crippen LogP contribution in [0.4, 0.5) is 0 Å². The number of pyridine rings is 1. The summed E-state index contributed by atoms with van der Waals surface area (Å²) in [6.45, 7) is 2.26. The molecular formula is C14H13N3O2. The monoisotopic (exact) mass is 255 g/mol. The summed E-state index contributed by atoms with van der Waals surface area (Å²) >= 11 is 0. The van der Waals surface area contributed by atoms with Gasteiger partial charge in [-0.15, -0.1) is 0 Å². The Balaban J connectivity index is 1.76. The van der Waals surface area contributed by atoms with Gasteiger partial charge in [0.25, 0.3) is 5.91 Å². The SMILES string of the molecule is Cc1ccoc1C(=O)NCc1cnn2ccccc12. The van der Waals surface area contributed by atoms with Crippen molar-refractivity contribution in [2.75, 3.05) is 0 Å². The second kappa shape index (κ2) is 4.61. The number of nitrogens with one attached hydrogen (secondary N) is 1. The number of carbonyl (C=O) groups is 1. The summed E-state index contributed by atoms with van der Waals surface area (Å²) in [5, 5.41) is 7.05. The molecule has 5 heteroatoms.